The van der Waals surface area contributed by atoms with Crippen molar-refractivity contribution in [2.45, 2.75) is 25.8 Å². The van der Waals surface area contributed by atoms with Gasteiger partial charge < -0.3 is 10.2 Å². The zero-order chi connectivity index (χ0) is 13.1. The number of carbonyl (C=O) groups is 2. The van der Waals surface area contributed by atoms with Gasteiger partial charge in [0.25, 0.3) is 0 Å². The van der Waals surface area contributed by atoms with E-state index >= 15 is 0 Å². The van der Waals surface area contributed by atoms with Gasteiger partial charge in [-0.2, -0.15) is 0 Å². The van der Waals surface area contributed by atoms with Crippen molar-refractivity contribution in [2.75, 3.05) is 16.1 Å². The summed E-state index contributed by atoms with van der Waals surface area (Å²) in [7, 11) is 0. The Morgan fingerprint density at radius 1 is 1.33 bits per heavy atom. The number of carbonyl (C=O) groups excluding carboxylic acids is 2. The van der Waals surface area contributed by atoms with Crippen molar-refractivity contribution < 1.29 is 9.59 Å². The molecule has 1 aromatic rings. The molecule has 2 amide bonds. The molecule has 1 N–H and O–H groups in total. The standard InChI is InChI=1S/C13H15ClN2O2/c1-9(17)16(12-6-7-12)11-4-2-10(3-5-11)15-13(18)8-14/h2-5,12H,6-8H2,1H3,(H,15,18). The summed E-state index contributed by atoms with van der Waals surface area (Å²) in [5.41, 5.74) is 1.55. The molecule has 0 atom stereocenters. The maximum absolute atomic E-state index is 11.6. The molecule has 1 aliphatic carbocycles. The molecular weight excluding hydrogens is 252 g/mol. The van der Waals surface area contributed by atoms with Crippen LogP contribution in [0, 0.1) is 0 Å². The highest BCUT2D eigenvalue weighted by Crippen LogP contribution is 2.32. The third kappa shape index (κ3) is 3.01. The zero-order valence-electron chi connectivity index (χ0n) is 10.1. The van der Waals surface area contributed by atoms with Gasteiger partial charge in [0.1, 0.15) is 5.88 Å². The van der Waals surface area contributed by atoms with E-state index in [0.717, 1.165) is 18.5 Å². The third-order valence-corrected chi connectivity index (χ3v) is 3.04. The van der Waals surface area contributed by atoms with Crippen LogP contribution in [0.2, 0.25) is 0 Å². The molecule has 18 heavy (non-hydrogen) atoms. The van der Waals surface area contributed by atoms with Crippen LogP contribution < -0.4 is 10.2 Å². The molecule has 96 valence electrons. The highest BCUT2D eigenvalue weighted by atomic mass is 35.5. The third-order valence-electron chi connectivity index (χ3n) is 2.80. The number of amides is 2. The van der Waals surface area contributed by atoms with Gasteiger partial charge in [-0.05, 0) is 37.1 Å². The van der Waals surface area contributed by atoms with Gasteiger partial charge in [-0.15, -0.1) is 11.6 Å². The molecule has 0 heterocycles. The van der Waals surface area contributed by atoms with E-state index in [-0.39, 0.29) is 17.7 Å². The maximum Gasteiger partial charge on any atom is 0.239 e. The Kier molecular flexibility index (Phi) is 3.87. The minimum absolute atomic E-state index is 0.0510. The van der Waals surface area contributed by atoms with Gasteiger partial charge in [0.05, 0.1) is 0 Å². The topological polar surface area (TPSA) is 49.4 Å². The highest BCUT2D eigenvalue weighted by Gasteiger charge is 2.31. The smallest absolute Gasteiger partial charge is 0.239 e. The number of alkyl halides is 1. The van der Waals surface area contributed by atoms with E-state index in [1.54, 1.807) is 24.0 Å². The molecule has 0 spiro atoms. The molecule has 5 heteroatoms. The summed E-state index contributed by atoms with van der Waals surface area (Å²) in [5.74, 6) is -0.256. The Balaban J connectivity index is 2.10. The number of hydrogen-bond donors (Lipinski definition) is 1. The van der Waals surface area contributed by atoms with Crippen LogP contribution in [0.1, 0.15) is 19.8 Å². The van der Waals surface area contributed by atoms with Gasteiger partial charge >= 0.3 is 0 Å². The minimum atomic E-state index is -0.241. The van der Waals surface area contributed by atoms with Crippen molar-refractivity contribution >= 4 is 34.8 Å². The summed E-state index contributed by atoms with van der Waals surface area (Å²) in [6, 6.07) is 7.56. The van der Waals surface area contributed by atoms with Crippen LogP contribution in [-0.2, 0) is 9.59 Å². The molecule has 1 aliphatic rings. The van der Waals surface area contributed by atoms with Crippen molar-refractivity contribution in [3.8, 4) is 0 Å². The molecule has 0 unspecified atom stereocenters. The molecule has 4 nitrogen and oxygen atoms in total. The van der Waals surface area contributed by atoms with E-state index in [0.29, 0.717) is 11.7 Å². The predicted molar refractivity (Wildman–Crippen MR) is 72.0 cm³/mol. The number of rotatable bonds is 4. The monoisotopic (exact) mass is 266 g/mol. The van der Waals surface area contributed by atoms with Crippen molar-refractivity contribution in [1.29, 1.82) is 0 Å². The first-order valence-electron chi connectivity index (χ1n) is 5.87. The van der Waals surface area contributed by atoms with Crippen molar-refractivity contribution in [3.05, 3.63) is 24.3 Å². The van der Waals surface area contributed by atoms with Gasteiger partial charge in [-0.3, -0.25) is 9.59 Å². The van der Waals surface area contributed by atoms with Crippen LogP contribution in [0.3, 0.4) is 0 Å². The van der Waals surface area contributed by atoms with Crippen LogP contribution in [-0.4, -0.2) is 23.7 Å². The van der Waals surface area contributed by atoms with Crippen molar-refractivity contribution in [1.82, 2.24) is 0 Å². The van der Waals surface area contributed by atoms with E-state index in [4.69, 9.17) is 11.6 Å². The average molecular weight is 267 g/mol. The van der Waals surface area contributed by atoms with Crippen LogP contribution in [0.15, 0.2) is 24.3 Å². The Hall–Kier alpha value is -1.55. The Bertz CT molecular complexity index is 455. The summed E-state index contributed by atoms with van der Waals surface area (Å²) in [6.07, 6.45) is 2.12. The summed E-state index contributed by atoms with van der Waals surface area (Å²) >= 11 is 5.41. The van der Waals surface area contributed by atoms with Gasteiger partial charge in [0.15, 0.2) is 0 Å². The molecule has 1 saturated carbocycles. The SMILES string of the molecule is CC(=O)N(c1ccc(NC(=O)CCl)cc1)C1CC1. The van der Waals surface area contributed by atoms with E-state index in [1.807, 2.05) is 12.1 Å². The summed E-state index contributed by atoms with van der Waals surface area (Å²) in [6.45, 7) is 1.57. The lowest BCUT2D eigenvalue weighted by molar-refractivity contribution is -0.116. The first kappa shape index (κ1) is 12.9. The lowest BCUT2D eigenvalue weighted by Gasteiger charge is -2.20. The summed E-state index contributed by atoms with van der Waals surface area (Å²) in [4.78, 5) is 24.5. The second-order valence-electron chi connectivity index (χ2n) is 4.35. The molecule has 0 radical (unpaired) electrons. The van der Waals surface area contributed by atoms with E-state index in [2.05, 4.69) is 5.32 Å². The molecular formula is C13H15ClN2O2. The molecule has 1 fully saturated rings. The average Bonchev–Trinajstić information content (AvgIpc) is 3.15. The number of hydrogen-bond acceptors (Lipinski definition) is 2. The van der Waals surface area contributed by atoms with Gasteiger partial charge in [0.2, 0.25) is 11.8 Å². The van der Waals surface area contributed by atoms with Crippen LogP contribution in [0.25, 0.3) is 0 Å². The lowest BCUT2D eigenvalue weighted by atomic mass is 10.2. The van der Waals surface area contributed by atoms with Crippen molar-refractivity contribution in [3.63, 3.8) is 0 Å². The fraction of sp³-hybridized carbons (Fsp3) is 0.385. The highest BCUT2D eigenvalue weighted by molar-refractivity contribution is 6.29. The summed E-state index contributed by atoms with van der Waals surface area (Å²) < 4.78 is 0. The van der Waals surface area contributed by atoms with Crippen LogP contribution in [0.4, 0.5) is 11.4 Å². The Labute approximate surface area is 111 Å². The predicted octanol–water partition coefficient (Wildman–Crippen LogP) is 2.38. The molecule has 0 saturated heterocycles. The van der Waals surface area contributed by atoms with Crippen molar-refractivity contribution in [2.24, 2.45) is 0 Å². The fourth-order valence-corrected chi connectivity index (χ4v) is 1.95. The second-order valence-corrected chi connectivity index (χ2v) is 4.62. The first-order valence-corrected chi connectivity index (χ1v) is 6.41. The zero-order valence-corrected chi connectivity index (χ0v) is 10.9. The molecule has 0 aliphatic heterocycles. The molecule has 0 aromatic heterocycles. The summed E-state index contributed by atoms with van der Waals surface area (Å²) in [5, 5.41) is 2.66. The van der Waals surface area contributed by atoms with E-state index in [9.17, 15) is 9.59 Å². The number of halogens is 1. The molecule has 2 rings (SSSR count). The number of nitrogens with zero attached hydrogens (tertiary/aromatic N) is 1. The van der Waals surface area contributed by atoms with Crippen LogP contribution >= 0.6 is 11.6 Å². The number of nitrogens with one attached hydrogen (secondary N) is 1. The lowest BCUT2D eigenvalue weighted by Crippen LogP contribution is -2.30. The van der Waals surface area contributed by atoms with Gasteiger partial charge in [-0.25, -0.2) is 0 Å². The molecule has 0 bridgehead atoms. The minimum Gasteiger partial charge on any atom is -0.325 e. The Morgan fingerprint density at radius 3 is 2.39 bits per heavy atom. The maximum atomic E-state index is 11.6. The normalized spacial score (nSPS) is 14.1. The largest absolute Gasteiger partial charge is 0.325 e. The second kappa shape index (κ2) is 5.40. The van der Waals surface area contributed by atoms with E-state index in [1.165, 1.54) is 0 Å². The Morgan fingerprint density at radius 2 is 1.94 bits per heavy atom. The van der Waals surface area contributed by atoms with Gasteiger partial charge in [0, 0.05) is 24.3 Å². The van der Waals surface area contributed by atoms with Gasteiger partial charge in [-0.1, -0.05) is 0 Å². The number of anilines is 2. The first-order chi connectivity index (χ1) is 8.61. The number of benzene rings is 1. The molecule has 1 aromatic carbocycles. The van der Waals surface area contributed by atoms with E-state index < -0.39 is 0 Å². The van der Waals surface area contributed by atoms with Crippen LogP contribution in [0.5, 0.6) is 0 Å². The fourth-order valence-electron chi connectivity index (χ4n) is 1.88. The quantitative estimate of drug-likeness (QED) is 0.851.